The summed E-state index contributed by atoms with van der Waals surface area (Å²) in [6.45, 7) is 1.44. The second kappa shape index (κ2) is 5.68. The first-order valence-electron chi connectivity index (χ1n) is 5.35. The smallest absolute Gasteiger partial charge is 0.433 e. The molecule has 0 aromatic carbocycles. The number of hydrogen-bond acceptors (Lipinski definition) is 3. The molecule has 112 valence electrons. The number of alkyl halides is 6. The Morgan fingerprint density at radius 2 is 1.55 bits per heavy atom. The molecule has 0 fully saturated rings. The average Bonchev–Trinajstić information content (AvgIpc) is 2.26. The molecule has 0 bridgehead atoms. The van der Waals surface area contributed by atoms with E-state index in [1.807, 2.05) is 0 Å². The standard InChI is InChI=1S/C11H9F6NO2/c1-2-20-9(19)5-6-3-7(10(12,13)14)18-8(4-6)11(15,16)17/h3-4H,2,5H2,1H3. The van der Waals surface area contributed by atoms with Gasteiger partial charge in [-0.25, -0.2) is 4.98 Å². The second-order valence-electron chi connectivity index (χ2n) is 3.72. The fourth-order valence-corrected chi connectivity index (χ4v) is 1.36. The van der Waals surface area contributed by atoms with E-state index in [0.29, 0.717) is 12.1 Å². The van der Waals surface area contributed by atoms with E-state index in [9.17, 15) is 31.1 Å². The molecule has 1 aromatic heterocycles. The van der Waals surface area contributed by atoms with Gasteiger partial charge in [-0.2, -0.15) is 26.3 Å². The normalized spacial score (nSPS) is 12.3. The van der Waals surface area contributed by atoms with Crippen molar-refractivity contribution >= 4 is 5.97 Å². The number of carbonyl (C=O) groups excluding carboxylic acids is 1. The molecule has 20 heavy (non-hydrogen) atoms. The number of nitrogens with zero attached hydrogens (tertiary/aromatic N) is 1. The van der Waals surface area contributed by atoms with E-state index in [1.165, 1.54) is 6.92 Å². The van der Waals surface area contributed by atoms with Gasteiger partial charge in [0, 0.05) is 0 Å². The first-order chi connectivity index (χ1) is 9.04. The highest BCUT2D eigenvalue weighted by atomic mass is 19.4. The van der Waals surface area contributed by atoms with Crippen LogP contribution in [0.5, 0.6) is 0 Å². The molecule has 0 saturated heterocycles. The number of esters is 1. The van der Waals surface area contributed by atoms with Gasteiger partial charge in [-0.3, -0.25) is 4.79 Å². The predicted molar refractivity (Wildman–Crippen MR) is 54.6 cm³/mol. The summed E-state index contributed by atoms with van der Waals surface area (Å²) in [5, 5.41) is 0. The van der Waals surface area contributed by atoms with Gasteiger partial charge in [-0.1, -0.05) is 0 Å². The van der Waals surface area contributed by atoms with E-state index in [4.69, 9.17) is 0 Å². The number of rotatable bonds is 3. The van der Waals surface area contributed by atoms with E-state index in [0.717, 1.165) is 0 Å². The van der Waals surface area contributed by atoms with Crippen molar-refractivity contribution in [3.63, 3.8) is 0 Å². The summed E-state index contributed by atoms with van der Waals surface area (Å²) in [7, 11) is 0. The zero-order valence-corrected chi connectivity index (χ0v) is 10.1. The fraction of sp³-hybridized carbons (Fsp3) is 0.455. The molecule has 1 aromatic rings. The summed E-state index contributed by atoms with van der Waals surface area (Å²) < 4.78 is 79.3. The molecule has 0 amide bonds. The lowest BCUT2D eigenvalue weighted by Gasteiger charge is -2.12. The van der Waals surface area contributed by atoms with Crippen molar-refractivity contribution < 1.29 is 35.9 Å². The summed E-state index contributed by atoms with van der Waals surface area (Å²) in [5.74, 6) is -0.917. The van der Waals surface area contributed by atoms with Crippen molar-refractivity contribution in [2.75, 3.05) is 6.61 Å². The Labute approximate surface area is 109 Å². The van der Waals surface area contributed by atoms with E-state index >= 15 is 0 Å². The third-order valence-electron chi connectivity index (χ3n) is 2.12. The van der Waals surface area contributed by atoms with Crippen molar-refractivity contribution in [1.29, 1.82) is 0 Å². The highest BCUT2D eigenvalue weighted by Crippen LogP contribution is 2.33. The lowest BCUT2D eigenvalue weighted by Crippen LogP contribution is -2.17. The molecule has 0 unspecified atom stereocenters. The van der Waals surface area contributed by atoms with Crippen LogP contribution in [0, 0.1) is 0 Å². The van der Waals surface area contributed by atoms with Crippen LogP contribution in [0.1, 0.15) is 23.9 Å². The molecule has 0 radical (unpaired) electrons. The molecule has 0 saturated carbocycles. The SMILES string of the molecule is CCOC(=O)Cc1cc(C(F)(F)F)nc(C(F)(F)F)c1. The monoisotopic (exact) mass is 301 g/mol. The van der Waals surface area contributed by atoms with Crippen LogP contribution in [0.4, 0.5) is 26.3 Å². The molecule has 0 aliphatic heterocycles. The molecule has 0 spiro atoms. The molecule has 0 aliphatic rings. The Hall–Kier alpha value is -1.80. The Balaban J connectivity index is 3.21. The molecule has 0 N–H and O–H groups in total. The average molecular weight is 301 g/mol. The lowest BCUT2D eigenvalue weighted by atomic mass is 10.1. The molecule has 9 heteroatoms. The number of carbonyl (C=O) groups is 1. The summed E-state index contributed by atoms with van der Waals surface area (Å²) in [4.78, 5) is 13.7. The van der Waals surface area contributed by atoms with Crippen LogP contribution in [0.2, 0.25) is 0 Å². The number of pyridine rings is 1. The lowest BCUT2D eigenvalue weighted by molar-refractivity contribution is -0.150. The number of aromatic nitrogens is 1. The van der Waals surface area contributed by atoms with E-state index in [-0.39, 0.29) is 6.61 Å². The second-order valence-corrected chi connectivity index (χ2v) is 3.72. The van der Waals surface area contributed by atoms with Crippen molar-refractivity contribution in [3.8, 4) is 0 Å². The van der Waals surface area contributed by atoms with Gasteiger partial charge in [-0.15, -0.1) is 0 Å². The van der Waals surface area contributed by atoms with Gasteiger partial charge in [0.25, 0.3) is 0 Å². The van der Waals surface area contributed by atoms with Gasteiger partial charge >= 0.3 is 18.3 Å². The van der Waals surface area contributed by atoms with E-state index in [1.54, 1.807) is 0 Å². The highest BCUT2D eigenvalue weighted by molar-refractivity contribution is 5.72. The van der Waals surface area contributed by atoms with Gasteiger partial charge in [-0.05, 0) is 24.6 Å². The number of hydrogen-bond donors (Lipinski definition) is 0. The zero-order chi connectivity index (χ0) is 15.6. The maximum Gasteiger partial charge on any atom is 0.433 e. The largest absolute Gasteiger partial charge is 0.466 e. The molecule has 3 nitrogen and oxygen atoms in total. The van der Waals surface area contributed by atoms with Crippen molar-refractivity contribution in [2.24, 2.45) is 0 Å². The maximum absolute atomic E-state index is 12.5. The van der Waals surface area contributed by atoms with Crippen molar-refractivity contribution in [1.82, 2.24) is 4.98 Å². The predicted octanol–water partition coefficient (Wildman–Crippen LogP) is 3.22. The summed E-state index contributed by atoms with van der Waals surface area (Å²) in [5.41, 5.74) is -3.86. The van der Waals surface area contributed by atoms with Gasteiger partial charge in [0.1, 0.15) is 11.4 Å². The summed E-state index contributed by atoms with van der Waals surface area (Å²) >= 11 is 0. The fourth-order valence-electron chi connectivity index (χ4n) is 1.36. The number of halogens is 6. The molecule has 1 heterocycles. The Morgan fingerprint density at radius 3 is 1.90 bits per heavy atom. The number of ether oxygens (including phenoxy) is 1. The van der Waals surface area contributed by atoms with Crippen LogP contribution in [0.15, 0.2) is 12.1 Å². The van der Waals surface area contributed by atoms with Crippen LogP contribution in [0.3, 0.4) is 0 Å². The maximum atomic E-state index is 12.5. The summed E-state index contributed by atoms with van der Waals surface area (Å²) in [6, 6.07) is 0.790. The topological polar surface area (TPSA) is 39.2 Å². The zero-order valence-electron chi connectivity index (χ0n) is 10.1. The molecular weight excluding hydrogens is 292 g/mol. The molecule has 1 rings (SSSR count). The Bertz CT molecular complexity index is 462. The first kappa shape index (κ1) is 16.3. The molecule has 0 aliphatic carbocycles. The first-order valence-corrected chi connectivity index (χ1v) is 5.35. The van der Waals surface area contributed by atoms with Crippen molar-refractivity contribution in [3.05, 3.63) is 29.1 Å². The molecular formula is C11H9F6NO2. The van der Waals surface area contributed by atoms with Gasteiger partial charge in [0.05, 0.1) is 13.0 Å². The molecule has 0 atom stereocenters. The van der Waals surface area contributed by atoms with Crippen molar-refractivity contribution in [2.45, 2.75) is 25.7 Å². The van der Waals surface area contributed by atoms with E-state index < -0.39 is 41.7 Å². The van der Waals surface area contributed by atoms with Crippen LogP contribution in [-0.4, -0.2) is 17.6 Å². The minimum atomic E-state index is -5.04. The highest BCUT2D eigenvalue weighted by Gasteiger charge is 2.38. The minimum Gasteiger partial charge on any atom is -0.466 e. The quantitative estimate of drug-likeness (QED) is 0.635. The summed E-state index contributed by atoms with van der Waals surface area (Å²) in [6.07, 6.45) is -10.8. The van der Waals surface area contributed by atoms with Gasteiger partial charge < -0.3 is 4.74 Å². The van der Waals surface area contributed by atoms with Crippen LogP contribution >= 0.6 is 0 Å². The third-order valence-corrected chi connectivity index (χ3v) is 2.12. The van der Waals surface area contributed by atoms with Gasteiger partial charge in [0.2, 0.25) is 0 Å². The minimum absolute atomic E-state index is 0.0256. The van der Waals surface area contributed by atoms with Crippen LogP contribution < -0.4 is 0 Å². The Kier molecular flexibility index (Phi) is 4.61. The van der Waals surface area contributed by atoms with E-state index in [2.05, 4.69) is 9.72 Å². The van der Waals surface area contributed by atoms with Gasteiger partial charge in [0.15, 0.2) is 0 Å². The Morgan fingerprint density at radius 1 is 1.10 bits per heavy atom. The van der Waals surface area contributed by atoms with Crippen LogP contribution in [0.25, 0.3) is 0 Å². The third kappa shape index (κ3) is 4.39. The van der Waals surface area contributed by atoms with Crippen LogP contribution in [-0.2, 0) is 28.3 Å².